The van der Waals surface area contributed by atoms with Gasteiger partial charge in [-0.2, -0.15) is 11.8 Å². The molecule has 0 aromatic carbocycles. The Morgan fingerprint density at radius 3 is 2.64 bits per heavy atom. The number of rotatable bonds is 8. The Bertz CT molecular complexity index is 139. The average Bonchev–Trinajstić information content (AvgIpc) is 2.11. The Morgan fingerprint density at radius 2 is 2.14 bits per heavy atom. The minimum Gasteiger partial charge on any atom is -0.396 e. The van der Waals surface area contributed by atoms with Gasteiger partial charge in [-0.05, 0) is 25.0 Å². The van der Waals surface area contributed by atoms with Gasteiger partial charge in [0.15, 0.2) is 0 Å². The first-order valence-electron chi connectivity index (χ1n) is 5.81. The lowest BCUT2D eigenvalue weighted by Crippen LogP contribution is -2.42. The topological polar surface area (TPSA) is 23.5 Å². The zero-order valence-corrected chi connectivity index (χ0v) is 10.1. The van der Waals surface area contributed by atoms with E-state index in [1.807, 2.05) is 11.8 Å². The van der Waals surface area contributed by atoms with Crippen LogP contribution in [0.15, 0.2) is 0 Å². The van der Waals surface area contributed by atoms with Crippen molar-refractivity contribution in [3.05, 3.63) is 0 Å². The Hall–Kier alpha value is 0.270. The molecule has 0 unspecified atom stereocenters. The molecule has 1 aliphatic carbocycles. The van der Waals surface area contributed by atoms with E-state index in [0.717, 1.165) is 19.0 Å². The monoisotopic (exact) mass is 217 g/mol. The standard InChI is InChI=1S/C11H23NOS/c1-2-14-10-8-12(7-4-9-13)11-5-3-6-11/h11,13H,2-10H2,1H3. The lowest BCUT2D eigenvalue weighted by Gasteiger charge is -2.37. The maximum Gasteiger partial charge on any atom is 0.0443 e. The maximum absolute atomic E-state index is 8.83. The van der Waals surface area contributed by atoms with Gasteiger partial charge in [0.1, 0.15) is 0 Å². The molecule has 0 spiro atoms. The van der Waals surface area contributed by atoms with Crippen LogP contribution in [0.4, 0.5) is 0 Å². The first kappa shape index (κ1) is 12.3. The van der Waals surface area contributed by atoms with Gasteiger partial charge in [-0.1, -0.05) is 13.3 Å². The van der Waals surface area contributed by atoms with Crippen molar-refractivity contribution in [1.29, 1.82) is 0 Å². The van der Waals surface area contributed by atoms with Gasteiger partial charge < -0.3 is 5.11 Å². The molecule has 3 heteroatoms. The minimum atomic E-state index is 0.337. The van der Waals surface area contributed by atoms with Crippen LogP contribution in [0.3, 0.4) is 0 Å². The van der Waals surface area contributed by atoms with E-state index in [4.69, 9.17) is 5.11 Å². The fourth-order valence-corrected chi connectivity index (χ4v) is 2.48. The molecule has 0 bridgehead atoms. The SMILES string of the molecule is CCSCCN(CCCO)C1CCC1. The van der Waals surface area contributed by atoms with Crippen LogP contribution in [0.2, 0.25) is 0 Å². The van der Waals surface area contributed by atoms with Crippen LogP contribution in [-0.4, -0.2) is 47.3 Å². The quantitative estimate of drug-likeness (QED) is 0.629. The van der Waals surface area contributed by atoms with E-state index >= 15 is 0 Å². The number of nitrogens with zero attached hydrogens (tertiary/aromatic N) is 1. The fraction of sp³-hybridized carbons (Fsp3) is 1.00. The highest BCUT2D eigenvalue weighted by Crippen LogP contribution is 2.24. The lowest BCUT2D eigenvalue weighted by atomic mass is 9.91. The van der Waals surface area contributed by atoms with Crippen molar-refractivity contribution >= 4 is 11.8 Å². The molecule has 0 amide bonds. The summed E-state index contributed by atoms with van der Waals surface area (Å²) in [6.07, 6.45) is 5.10. The Balaban J connectivity index is 2.14. The molecule has 0 radical (unpaired) electrons. The van der Waals surface area contributed by atoms with E-state index in [1.54, 1.807) is 0 Å². The Labute approximate surface area is 92.1 Å². The third kappa shape index (κ3) is 4.20. The van der Waals surface area contributed by atoms with Crippen LogP contribution >= 0.6 is 11.8 Å². The fourth-order valence-electron chi connectivity index (χ4n) is 1.83. The van der Waals surface area contributed by atoms with Crippen LogP contribution in [0.25, 0.3) is 0 Å². The van der Waals surface area contributed by atoms with Crippen molar-refractivity contribution in [3.8, 4) is 0 Å². The third-order valence-corrected chi connectivity index (χ3v) is 3.80. The van der Waals surface area contributed by atoms with Crippen LogP contribution < -0.4 is 0 Å². The number of aliphatic hydroxyl groups excluding tert-OH is 1. The van der Waals surface area contributed by atoms with Crippen LogP contribution in [0.1, 0.15) is 32.6 Å². The van der Waals surface area contributed by atoms with Crippen molar-refractivity contribution in [2.45, 2.75) is 38.6 Å². The molecule has 1 N–H and O–H groups in total. The average molecular weight is 217 g/mol. The molecule has 1 saturated carbocycles. The molecule has 1 rings (SSSR count). The van der Waals surface area contributed by atoms with Crippen molar-refractivity contribution in [2.24, 2.45) is 0 Å². The van der Waals surface area contributed by atoms with E-state index in [2.05, 4.69) is 11.8 Å². The number of aliphatic hydroxyl groups is 1. The molecule has 0 atom stereocenters. The summed E-state index contributed by atoms with van der Waals surface area (Å²) in [5, 5.41) is 8.83. The zero-order chi connectivity index (χ0) is 10.2. The molecule has 0 heterocycles. The highest BCUT2D eigenvalue weighted by atomic mass is 32.2. The minimum absolute atomic E-state index is 0.337. The number of hydrogen-bond donors (Lipinski definition) is 1. The van der Waals surface area contributed by atoms with Gasteiger partial charge >= 0.3 is 0 Å². The molecular formula is C11H23NOS. The number of hydrogen-bond acceptors (Lipinski definition) is 3. The number of thioether (sulfide) groups is 1. The van der Waals surface area contributed by atoms with Crippen molar-refractivity contribution < 1.29 is 5.11 Å². The molecule has 1 fully saturated rings. The van der Waals surface area contributed by atoms with Crippen molar-refractivity contribution in [3.63, 3.8) is 0 Å². The van der Waals surface area contributed by atoms with E-state index < -0.39 is 0 Å². The summed E-state index contributed by atoms with van der Waals surface area (Å²) in [5.41, 5.74) is 0. The van der Waals surface area contributed by atoms with Gasteiger partial charge in [-0.25, -0.2) is 0 Å². The second-order valence-electron chi connectivity index (χ2n) is 3.89. The summed E-state index contributed by atoms with van der Waals surface area (Å²) in [4.78, 5) is 2.57. The van der Waals surface area contributed by atoms with Gasteiger partial charge in [0.25, 0.3) is 0 Å². The van der Waals surface area contributed by atoms with Crippen molar-refractivity contribution in [2.75, 3.05) is 31.2 Å². The Kier molecular flexibility index (Phi) is 6.65. The molecule has 0 aromatic rings. The van der Waals surface area contributed by atoms with E-state index in [0.29, 0.717) is 6.61 Å². The van der Waals surface area contributed by atoms with Gasteiger partial charge in [0, 0.05) is 31.5 Å². The summed E-state index contributed by atoms with van der Waals surface area (Å²) in [6.45, 7) is 4.85. The zero-order valence-electron chi connectivity index (χ0n) is 9.24. The van der Waals surface area contributed by atoms with Gasteiger partial charge in [0.2, 0.25) is 0 Å². The first-order chi connectivity index (χ1) is 6.88. The van der Waals surface area contributed by atoms with Crippen LogP contribution in [-0.2, 0) is 0 Å². The second-order valence-corrected chi connectivity index (χ2v) is 5.29. The molecule has 2 nitrogen and oxygen atoms in total. The van der Waals surface area contributed by atoms with Gasteiger partial charge in [-0.3, -0.25) is 4.90 Å². The van der Waals surface area contributed by atoms with E-state index in [9.17, 15) is 0 Å². The molecule has 0 aliphatic heterocycles. The predicted molar refractivity (Wildman–Crippen MR) is 63.9 cm³/mol. The van der Waals surface area contributed by atoms with Crippen molar-refractivity contribution in [1.82, 2.24) is 4.90 Å². The molecule has 0 saturated heterocycles. The van der Waals surface area contributed by atoms with Gasteiger partial charge in [0.05, 0.1) is 0 Å². The Morgan fingerprint density at radius 1 is 1.36 bits per heavy atom. The van der Waals surface area contributed by atoms with E-state index in [-0.39, 0.29) is 0 Å². The highest BCUT2D eigenvalue weighted by molar-refractivity contribution is 7.99. The van der Waals surface area contributed by atoms with Crippen LogP contribution in [0.5, 0.6) is 0 Å². The normalized spacial score (nSPS) is 17.4. The summed E-state index contributed by atoms with van der Waals surface area (Å²) in [7, 11) is 0. The lowest BCUT2D eigenvalue weighted by molar-refractivity contribution is 0.124. The molecule has 14 heavy (non-hydrogen) atoms. The third-order valence-electron chi connectivity index (χ3n) is 2.92. The first-order valence-corrected chi connectivity index (χ1v) is 6.96. The molecule has 0 aromatic heterocycles. The predicted octanol–water partition coefficient (Wildman–Crippen LogP) is 1.98. The second kappa shape index (κ2) is 7.55. The van der Waals surface area contributed by atoms with E-state index in [1.165, 1.54) is 37.3 Å². The highest BCUT2D eigenvalue weighted by Gasteiger charge is 2.23. The molecule has 1 aliphatic rings. The molecular weight excluding hydrogens is 194 g/mol. The summed E-state index contributed by atoms with van der Waals surface area (Å²) >= 11 is 2.02. The summed E-state index contributed by atoms with van der Waals surface area (Å²) in [6, 6.07) is 0.832. The van der Waals surface area contributed by atoms with Gasteiger partial charge in [-0.15, -0.1) is 0 Å². The maximum atomic E-state index is 8.83. The largest absolute Gasteiger partial charge is 0.396 e. The van der Waals surface area contributed by atoms with Crippen LogP contribution in [0, 0.1) is 0 Å². The smallest absolute Gasteiger partial charge is 0.0443 e. The summed E-state index contributed by atoms with van der Waals surface area (Å²) < 4.78 is 0. The molecule has 84 valence electrons. The summed E-state index contributed by atoms with van der Waals surface area (Å²) in [5.74, 6) is 2.47.